The highest BCUT2D eigenvalue weighted by molar-refractivity contribution is 5.78. The Hall–Kier alpha value is -0.570. The zero-order valence-electron chi connectivity index (χ0n) is 12.2. The number of rotatable bonds is 2. The summed E-state index contributed by atoms with van der Waals surface area (Å²) in [6, 6.07) is 0.0465. The van der Waals surface area contributed by atoms with Crippen molar-refractivity contribution in [3.63, 3.8) is 0 Å². The smallest absolute Gasteiger partial charge is 0.222 e. The van der Waals surface area contributed by atoms with Gasteiger partial charge in [0, 0.05) is 25.6 Å². The third-order valence-electron chi connectivity index (χ3n) is 3.97. The first-order valence-corrected chi connectivity index (χ1v) is 6.55. The third kappa shape index (κ3) is 3.70. The summed E-state index contributed by atoms with van der Waals surface area (Å²) in [7, 11) is 0. The molecule has 1 rings (SSSR count). The van der Waals surface area contributed by atoms with Crippen LogP contribution in [-0.4, -0.2) is 29.9 Å². The van der Waals surface area contributed by atoms with E-state index in [1.807, 2.05) is 4.90 Å². The van der Waals surface area contributed by atoms with Gasteiger partial charge in [0.25, 0.3) is 0 Å². The second kappa shape index (κ2) is 4.60. The van der Waals surface area contributed by atoms with Crippen molar-refractivity contribution in [1.29, 1.82) is 0 Å². The Morgan fingerprint density at radius 1 is 1.29 bits per heavy atom. The van der Waals surface area contributed by atoms with Gasteiger partial charge in [0.2, 0.25) is 5.91 Å². The molecule has 0 bridgehead atoms. The van der Waals surface area contributed by atoms with Crippen molar-refractivity contribution in [2.45, 2.75) is 54.0 Å². The minimum atomic E-state index is 0.0465. The predicted octanol–water partition coefficient (Wildman–Crippen LogP) is 2.25. The number of nitrogens with zero attached hydrogens (tertiary/aromatic N) is 1. The number of likely N-dealkylation sites (tertiary alicyclic amines) is 1. The summed E-state index contributed by atoms with van der Waals surface area (Å²) in [4.78, 5) is 13.9. The molecule has 1 heterocycles. The average Bonchev–Trinajstić information content (AvgIpc) is 2.45. The van der Waals surface area contributed by atoms with Gasteiger partial charge in [-0.3, -0.25) is 4.79 Å². The minimum absolute atomic E-state index is 0.0465. The van der Waals surface area contributed by atoms with Gasteiger partial charge in [-0.15, -0.1) is 0 Å². The van der Waals surface area contributed by atoms with Crippen LogP contribution >= 0.6 is 0 Å². The Kier molecular flexibility index (Phi) is 3.92. The van der Waals surface area contributed by atoms with Crippen molar-refractivity contribution in [2.75, 3.05) is 13.1 Å². The van der Waals surface area contributed by atoms with E-state index in [0.717, 1.165) is 6.54 Å². The van der Waals surface area contributed by atoms with Gasteiger partial charge in [-0.25, -0.2) is 0 Å². The molecule has 1 aliphatic rings. The Balaban J connectivity index is 2.61. The summed E-state index contributed by atoms with van der Waals surface area (Å²) >= 11 is 0. The summed E-state index contributed by atoms with van der Waals surface area (Å²) in [5.74, 6) is 0.729. The van der Waals surface area contributed by atoms with Gasteiger partial charge in [-0.05, 0) is 16.7 Å². The average molecular weight is 240 g/mol. The highest BCUT2D eigenvalue weighted by Gasteiger charge is 2.38. The van der Waals surface area contributed by atoms with E-state index in [4.69, 9.17) is 5.73 Å². The zero-order valence-corrected chi connectivity index (χ0v) is 12.2. The van der Waals surface area contributed by atoms with Crippen LogP contribution in [0.15, 0.2) is 0 Å². The van der Waals surface area contributed by atoms with Crippen LogP contribution < -0.4 is 5.73 Å². The molecule has 1 fully saturated rings. The normalized spacial score (nSPS) is 24.3. The van der Waals surface area contributed by atoms with E-state index < -0.39 is 0 Å². The van der Waals surface area contributed by atoms with Crippen LogP contribution in [0.5, 0.6) is 0 Å². The lowest BCUT2D eigenvalue weighted by atomic mass is 9.80. The second-order valence-electron chi connectivity index (χ2n) is 7.54. The fourth-order valence-corrected chi connectivity index (χ4v) is 2.04. The van der Waals surface area contributed by atoms with Gasteiger partial charge in [-0.2, -0.15) is 0 Å². The third-order valence-corrected chi connectivity index (χ3v) is 3.97. The maximum atomic E-state index is 12.0. The van der Waals surface area contributed by atoms with Crippen LogP contribution in [0.4, 0.5) is 0 Å². The van der Waals surface area contributed by atoms with Crippen molar-refractivity contribution in [3.8, 4) is 0 Å². The Morgan fingerprint density at radius 3 is 2.18 bits per heavy atom. The molecule has 0 spiro atoms. The van der Waals surface area contributed by atoms with Crippen molar-refractivity contribution >= 4 is 5.91 Å². The van der Waals surface area contributed by atoms with E-state index >= 15 is 0 Å². The molecule has 0 saturated carbocycles. The zero-order chi connectivity index (χ0) is 13.4. The molecule has 0 aliphatic carbocycles. The molecular formula is C14H28N2O. The van der Waals surface area contributed by atoms with Crippen molar-refractivity contribution in [2.24, 2.45) is 22.5 Å². The molecule has 3 heteroatoms. The predicted molar refractivity (Wildman–Crippen MR) is 71.6 cm³/mol. The topological polar surface area (TPSA) is 46.3 Å². The van der Waals surface area contributed by atoms with E-state index in [1.54, 1.807) is 0 Å². The fraction of sp³-hybridized carbons (Fsp3) is 0.929. The summed E-state index contributed by atoms with van der Waals surface area (Å²) in [5, 5.41) is 0. The standard InChI is InChI=1S/C14H28N2O/c1-13(2,3)10-7-12(17)16(8-10)9-11(15)14(4,5)6/h10-11H,7-9,15H2,1-6H3. The number of amides is 1. The lowest BCUT2D eigenvalue weighted by molar-refractivity contribution is -0.128. The Morgan fingerprint density at radius 2 is 1.82 bits per heavy atom. The summed E-state index contributed by atoms with van der Waals surface area (Å²) in [6.07, 6.45) is 0.681. The quantitative estimate of drug-likeness (QED) is 0.804. The van der Waals surface area contributed by atoms with Crippen LogP contribution in [-0.2, 0) is 4.79 Å². The molecule has 2 atom stereocenters. The molecule has 0 aromatic rings. The van der Waals surface area contributed by atoms with E-state index in [9.17, 15) is 4.79 Å². The second-order valence-corrected chi connectivity index (χ2v) is 7.54. The number of carbonyl (C=O) groups is 1. The van der Waals surface area contributed by atoms with Gasteiger partial charge in [-0.1, -0.05) is 41.5 Å². The first-order chi connectivity index (χ1) is 7.51. The SMILES string of the molecule is CC(C)(C)C(N)CN1CC(C(C)(C)C)CC1=O. The van der Waals surface area contributed by atoms with Gasteiger partial charge in [0.15, 0.2) is 0 Å². The molecule has 17 heavy (non-hydrogen) atoms. The molecule has 100 valence electrons. The number of hydrogen-bond donors (Lipinski definition) is 1. The lowest BCUT2D eigenvalue weighted by Crippen LogP contribution is -2.46. The molecule has 0 aromatic carbocycles. The summed E-state index contributed by atoms with van der Waals surface area (Å²) in [6.45, 7) is 14.5. The molecule has 1 saturated heterocycles. The first-order valence-electron chi connectivity index (χ1n) is 6.55. The van der Waals surface area contributed by atoms with Crippen molar-refractivity contribution in [1.82, 2.24) is 4.90 Å². The highest BCUT2D eigenvalue weighted by Crippen LogP contribution is 2.34. The number of hydrogen-bond acceptors (Lipinski definition) is 2. The molecule has 1 aliphatic heterocycles. The van der Waals surface area contributed by atoms with E-state index in [0.29, 0.717) is 18.9 Å². The molecule has 2 N–H and O–H groups in total. The molecule has 0 radical (unpaired) electrons. The maximum Gasteiger partial charge on any atom is 0.222 e. The largest absolute Gasteiger partial charge is 0.341 e. The molecule has 3 nitrogen and oxygen atoms in total. The van der Waals surface area contributed by atoms with Crippen LogP contribution in [0.2, 0.25) is 0 Å². The van der Waals surface area contributed by atoms with Gasteiger partial charge in [0.1, 0.15) is 0 Å². The maximum absolute atomic E-state index is 12.0. The van der Waals surface area contributed by atoms with Gasteiger partial charge < -0.3 is 10.6 Å². The lowest BCUT2D eigenvalue weighted by Gasteiger charge is -2.32. The minimum Gasteiger partial charge on any atom is -0.341 e. The monoisotopic (exact) mass is 240 g/mol. The number of carbonyl (C=O) groups excluding carboxylic acids is 1. The van der Waals surface area contributed by atoms with Crippen LogP contribution in [0, 0.1) is 16.7 Å². The first kappa shape index (κ1) is 14.5. The summed E-state index contributed by atoms with van der Waals surface area (Å²) < 4.78 is 0. The van der Waals surface area contributed by atoms with E-state index in [2.05, 4.69) is 41.5 Å². The summed E-state index contributed by atoms with van der Waals surface area (Å²) in [5.41, 5.74) is 6.41. The fourth-order valence-electron chi connectivity index (χ4n) is 2.04. The number of nitrogens with two attached hydrogens (primary N) is 1. The Labute approximate surface area is 106 Å². The van der Waals surface area contributed by atoms with Crippen molar-refractivity contribution < 1.29 is 4.79 Å². The van der Waals surface area contributed by atoms with Crippen LogP contribution in [0.25, 0.3) is 0 Å². The van der Waals surface area contributed by atoms with E-state index in [-0.39, 0.29) is 22.8 Å². The molecular weight excluding hydrogens is 212 g/mol. The van der Waals surface area contributed by atoms with Gasteiger partial charge >= 0.3 is 0 Å². The molecule has 0 aromatic heterocycles. The molecule has 2 unspecified atom stereocenters. The Bertz CT molecular complexity index is 286. The van der Waals surface area contributed by atoms with Crippen molar-refractivity contribution in [3.05, 3.63) is 0 Å². The van der Waals surface area contributed by atoms with Crippen LogP contribution in [0.1, 0.15) is 48.0 Å². The van der Waals surface area contributed by atoms with Crippen LogP contribution in [0.3, 0.4) is 0 Å². The molecule has 1 amide bonds. The van der Waals surface area contributed by atoms with E-state index in [1.165, 1.54) is 0 Å². The van der Waals surface area contributed by atoms with Gasteiger partial charge in [0.05, 0.1) is 0 Å². The highest BCUT2D eigenvalue weighted by atomic mass is 16.2.